The van der Waals surface area contributed by atoms with Gasteiger partial charge in [0.1, 0.15) is 5.82 Å². The summed E-state index contributed by atoms with van der Waals surface area (Å²) >= 11 is 7.18. The molecule has 2 heterocycles. The van der Waals surface area contributed by atoms with Gasteiger partial charge in [-0.05, 0) is 49.0 Å². The zero-order valence-electron chi connectivity index (χ0n) is 13.0. The normalized spacial score (nSPS) is 18.0. The van der Waals surface area contributed by atoms with Gasteiger partial charge >= 0.3 is 0 Å². The first kappa shape index (κ1) is 16.7. The summed E-state index contributed by atoms with van der Waals surface area (Å²) in [4.78, 5) is 22.8. The van der Waals surface area contributed by atoms with Gasteiger partial charge in [-0.15, -0.1) is 0 Å². The molecule has 1 aromatic carbocycles. The van der Waals surface area contributed by atoms with Crippen molar-refractivity contribution in [2.75, 3.05) is 7.05 Å². The summed E-state index contributed by atoms with van der Waals surface area (Å²) in [6.45, 7) is 1.87. The number of hydrogen-bond donors (Lipinski definition) is 0. The minimum Gasteiger partial charge on any atom is -0.289 e. The minimum absolute atomic E-state index is 0.193. The third kappa shape index (κ3) is 3.34. The van der Waals surface area contributed by atoms with Crippen molar-refractivity contribution in [3.05, 3.63) is 63.4 Å². The van der Waals surface area contributed by atoms with Gasteiger partial charge in [-0.25, -0.2) is 14.4 Å². The zero-order valence-corrected chi connectivity index (χ0v) is 14.5. The molecule has 1 saturated heterocycles. The second-order valence-corrected chi connectivity index (χ2v) is 6.56. The summed E-state index contributed by atoms with van der Waals surface area (Å²) in [5, 5.41) is 0.737. The van der Waals surface area contributed by atoms with Gasteiger partial charge in [0.2, 0.25) is 0 Å². The van der Waals surface area contributed by atoms with Gasteiger partial charge in [0, 0.05) is 18.3 Å². The van der Waals surface area contributed by atoms with Crippen LogP contribution >= 0.6 is 23.4 Å². The maximum atomic E-state index is 13.9. The Kier molecular flexibility index (Phi) is 4.69. The van der Waals surface area contributed by atoms with Crippen LogP contribution in [0.25, 0.3) is 6.08 Å². The molecule has 0 unspecified atom stereocenters. The molecular formula is C17H13ClFN3OS. The molecule has 0 atom stereocenters. The van der Waals surface area contributed by atoms with E-state index in [0.29, 0.717) is 15.9 Å². The third-order valence-corrected chi connectivity index (χ3v) is 4.75. The lowest BCUT2D eigenvalue weighted by Gasteiger charge is -2.06. The lowest BCUT2D eigenvalue weighted by Crippen LogP contribution is -2.23. The number of benzene rings is 1. The van der Waals surface area contributed by atoms with E-state index in [1.54, 1.807) is 19.2 Å². The average molecular weight is 362 g/mol. The number of hydrogen-bond acceptors (Lipinski definition) is 4. The summed E-state index contributed by atoms with van der Waals surface area (Å²) in [5.74, 6) is -0.218. The Morgan fingerprint density at radius 1 is 1.29 bits per heavy atom. The first-order chi connectivity index (χ1) is 11.5. The number of aryl methyl sites for hydroxylation is 1. The van der Waals surface area contributed by atoms with Gasteiger partial charge < -0.3 is 0 Å². The van der Waals surface area contributed by atoms with Gasteiger partial charge in [-0.1, -0.05) is 23.7 Å². The summed E-state index contributed by atoms with van der Waals surface area (Å²) in [6.07, 6.45) is 1.45. The van der Waals surface area contributed by atoms with Crippen molar-refractivity contribution < 1.29 is 9.18 Å². The molecule has 122 valence electrons. The Hall–Kier alpha value is -2.18. The van der Waals surface area contributed by atoms with E-state index < -0.39 is 5.82 Å². The van der Waals surface area contributed by atoms with Crippen molar-refractivity contribution in [2.24, 2.45) is 4.99 Å². The summed E-state index contributed by atoms with van der Waals surface area (Å²) in [7, 11) is 1.62. The highest BCUT2D eigenvalue weighted by atomic mass is 35.5. The molecule has 1 fully saturated rings. The van der Waals surface area contributed by atoms with E-state index in [1.165, 1.54) is 23.1 Å². The number of carbonyl (C=O) groups is 1. The first-order valence-corrected chi connectivity index (χ1v) is 8.29. The summed E-state index contributed by atoms with van der Waals surface area (Å²) < 4.78 is 13.9. The van der Waals surface area contributed by atoms with Crippen LogP contribution in [0.2, 0.25) is 5.02 Å². The van der Waals surface area contributed by atoms with Gasteiger partial charge in [0.05, 0.1) is 9.93 Å². The van der Waals surface area contributed by atoms with E-state index in [9.17, 15) is 9.18 Å². The Morgan fingerprint density at radius 2 is 2.04 bits per heavy atom. The van der Waals surface area contributed by atoms with Crippen molar-refractivity contribution in [1.82, 2.24) is 9.88 Å². The van der Waals surface area contributed by atoms with Crippen LogP contribution in [0.15, 0.2) is 46.3 Å². The molecule has 3 rings (SSSR count). The monoisotopic (exact) mass is 361 g/mol. The SMILES string of the molecule is Cc1cccc(/N=C2/S/C(=C\c3c(F)cccc3Cl)C(=O)N2C)n1. The number of likely N-dealkylation sites (N-methyl/N-ethyl adjacent to an activating group) is 1. The second kappa shape index (κ2) is 6.75. The molecule has 2 aromatic rings. The summed E-state index contributed by atoms with van der Waals surface area (Å²) in [5.41, 5.74) is 1.03. The number of rotatable bonds is 2. The number of aromatic nitrogens is 1. The molecule has 0 spiro atoms. The lowest BCUT2D eigenvalue weighted by molar-refractivity contribution is -0.121. The smallest absolute Gasteiger partial charge is 0.266 e. The number of aliphatic imine (C=N–C) groups is 1. The highest BCUT2D eigenvalue weighted by Gasteiger charge is 2.31. The average Bonchev–Trinajstić information content (AvgIpc) is 2.79. The molecule has 4 nitrogen and oxygen atoms in total. The highest BCUT2D eigenvalue weighted by molar-refractivity contribution is 8.18. The van der Waals surface area contributed by atoms with Crippen LogP contribution in [0.1, 0.15) is 11.3 Å². The van der Waals surface area contributed by atoms with Crippen molar-refractivity contribution in [3.8, 4) is 0 Å². The van der Waals surface area contributed by atoms with Crippen molar-refractivity contribution in [2.45, 2.75) is 6.92 Å². The molecule has 1 amide bonds. The number of amides is 1. The molecule has 0 aliphatic carbocycles. The number of nitrogens with zero attached hydrogens (tertiary/aromatic N) is 3. The van der Waals surface area contributed by atoms with Crippen LogP contribution in [-0.2, 0) is 4.79 Å². The molecule has 1 aromatic heterocycles. The maximum Gasteiger partial charge on any atom is 0.266 e. The molecule has 7 heteroatoms. The molecule has 24 heavy (non-hydrogen) atoms. The van der Waals surface area contributed by atoms with E-state index >= 15 is 0 Å². The van der Waals surface area contributed by atoms with E-state index in [2.05, 4.69) is 9.98 Å². The standard InChI is InChI=1S/C17H13ClFN3OS/c1-10-5-3-8-15(20-10)21-17-22(2)16(23)14(24-17)9-11-12(18)6-4-7-13(11)19/h3-9H,1-2H3/b14-9-,21-17+. The predicted molar refractivity (Wildman–Crippen MR) is 95.8 cm³/mol. The molecule has 0 bridgehead atoms. The van der Waals surface area contributed by atoms with Crippen molar-refractivity contribution in [1.29, 1.82) is 0 Å². The molecule has 0 radical (unpaired) electrons. The Morgan fingerprint density at radius 3 is 2.75 bits per heavy atom. The Bertz CT molecular complexity index is 862. The number of halogens is 2. The largest absolute Gasteiger partial charge is 0.289 e. The van der Waals surface area contributed by atoms with Gasteiger partial charge in [-0.3, -0.25) is 9.69 Å². The van der Waals surface area contributed by atoms with Crippen LogP contribution < -0.4 is 0 Å². The van der Waals surface area contributed by atoms with E-state index in [0.717, 1.165) is 17.5 Å². The van der Waals surface area contributed by atoms with Crippen LogP contribution in [0, 0.1) is 12.7 Å². The van der Waals surface area contributed by atoms with Crippen LogP contribution in [0.4, 0.5) is 10.2 Å². The molecule has 0 saturated carbocycles. The third-order valence-electron chi connectivity index (χ3n) is 3.36. The number of amidine groups is 1. The Labute approximate surface area is 148 Å². The van der Waals surface area contributed by atoms with Crippen LogP contribution in [-0.4, -0.2) is 28.0 Å². The van der Waals surface area contributed by atoms with Crippen LogP contribution in [0.5, 0.6) is 0 Å². The fourth-order valence-electron chi connectivity index (χ4n) is 2.12. The highest BCUT2D eigenvalue weighted by Crippen LogP contribution is 2.34. The van der Waals surface area contributed by atoms with Gasteiger partial charge in [0.25, 0.3) is 5.91 Å². The van der Waals surface area contributed by atoms with Crippen molar-refractivity contribution in [3.63, 3.8) is 0 Å². The quantitative estimate of drug-likeness (QED) is 0.744. The molecule has 0 N–H and O–H groups in total. The first-order valence-electron chi connectivity index (χ1n) is 7.09. The minimum atomic E-state index is -0.475. The fourth-order valence-corrected chi connectivity index (χ4v) is 3.29. The number of pyridine rings is 1. The van der Waals surface area contributed by atoms with Crippen molar-refractivity contribution >= 4 is 46.3 Å². The second-order valence-electron chi connectivity index (χ2n) is 5.14. The van der Waals surface area contributed by atoms with Gasteiger partial charge in [0.15, 0.2) is 11.0 Å². The summed E-state index contributed by atoms with van der Waals surface area (Å²) in [6, 6.07) is 9.87. The van der Waals surface area contributed by atoms with Crippen LogP contribution in [0.3, 0.4) is 0 Å². The van der Waals surface area contributed by atoms with E-state index in [4.69, 9.17) is 11.6 Å². The number of carbonyl (C=O) groups excluding carboxylic acids is 1. The maximum absolute atomic E-state index is 13.9. The fraction of sp³-hybridized carbons (Fsp3) is 0.118. The number of thioether (sulfide) groups is 1. The Balaban J connectivity index is 1.96. The van der Waals surface area contributed by atoms with E-state index in [1.807, 2.05) is 19.1 Å². The zero-order chi connectivity index (χ0) is 17.3. The van der Waals surface area contributed by atoms with E-state index in [-0.39, 0.29) is 16.5 Å². The van der Waals surface area contributed by atoms with Gasteiger partial charge in [-0.2, -0.15) is 0 Å². The lowest BCUT2D eigenvalue weighted by atomic mass is 10.2. The molecular weight excluding hydrogens is 349 g/mol. The topological polar surface area (TPSA) is 45.6 Å². The molecule has 1 aliphatic heterocycles. The predicted octanol–water partition coefficient (Wildman–Crippen LogP) is 4.42. The molecule has 1 aliphatic rings.